The van der Waals surface area contributed by atoms with Gasteiger partial charge in [-0.3, -0.25) is 4.79 Å². The van der Waals surface area contributed by atoms with Crippen LogP contribution < -0.4 is 4.74 Å². The molecule has 0 radical (unpaired) electrons. The quantitative estimate of drug-likeness (QED) is 0.302. The van der Waals surface area contributed by atoms with Gasteiger partial charge < -0.3 is 14.4 Å². The highest BCUT2D eigenvalue weighted by Gasteiger charge is 2.23. The fraction of sp³-hybridized carbons (Fsp3) is 0.160. The molecule has 0 amide bonds. The van der Waals surface area contributed by atoms with E-state index in [1.165, 1.54) is 0 Å². The molecule has 152 valence electrons. The summed E-state index contributed by atoms with van der Waals surface area (Å²) >= 11 is 1.64. The van der Waals surface area contributed by atoms with Crippen molar-refractivity contribution in [3.05, 3.63) is 83.6 Å². The SMILES string of the molecule is COc1ccc(-n2c(C)c(C(C)=O)c3c(CSc4ccccc4)c(O)ccc32)cc1. The van der Waals surface area contributed by atoms with E-state index >= 15 is 0 Å². The highest BCUT2D eigenvalue weighted by molar-refractivity contribution is 7.98. The summed E-state index contributed by atoms with van der Waals surface area (Å²) in [5.41, 5.74) is 4.14. The first-order valence-electron chi connectivity index (χ1n) is 9.70. The van der Waals surface area contributed by atoms with Crippen LogP contribution in [0.4, 0.5) is 0 Å². The lowest BCUT2D eigenvalue weighted by Gasteiger charge is -2.11. The molecule has 0 unspecified atom stereocenters. The van der Waals surface area contributed by atoms with Crippen molar-refractivity contribution in [2.45, 2.75) is 24.5 Å². The first-order chi connectivity index (χ1) is 14.5. The number of methoxy groups -OCH3 is 1. The minimum Gasteiger partial charge on any atom is -0.508 e. The Morgan fingerprint density at radius 1 is 1.03 bits per heavy atom. The highest BCUT2D eigenvalue weighted by atomic mass is 32.2. The number of ether oxygens (including phenoxy) is 1. The molecule has 1 heterocycles. The molecule has 1 aromatic heterocycles. The van der Waals surface area contributed by atoms with E-state index in [9.17, 15) is 9.90 Å². The number of phenolic OH excluding ortho intramolecular Hbond substituents is 1. The second-order valence-corrected chi connectivity index (χ2v) is 8.16. The average molecular weight is 418 g/mol. The van der Waals surface area contributed by atoms with Crippen LogP contribution in [0.1, 0.15) is 28.5 Å². The number of nitrogens with zero attached hydrogens (tertiary/aromatic N) is 1. The molecule has 0 spiro atoms. The minimum atomic E-state index is -0.0127. The van der Waals surface area contributed by atoms with Crippen LogP contribution >= 0.6 is 11.8 Å². The van der Waals surface area contributed by atoms with Crippen LogP contribution in [-0.4, -0.2) is 22.6 Å². The Balaban J connectivity index is 1.90. The van der Waals surface area contributed by atoms with Crippen LogP contribution in [0, 0.1) is 6.92 Å². The van der Waals surface area contributed by atoms with E-state index in [4.69, 9.17) is 4.74 Å². The fourth-order valence-electron chi connectivity index (χ4n) is 3.88. The molecule has 4 nitrogen and oxygen atoms in total. The molecular weight excluding hydrogens is 394 g/mol. The zero-order valence-electron chi connectivity index (χ0n) is 17.2. The third-order valence-corrected chi connectivity index (χ3v) is 6.30. The average Bonchev–Trinajstić information content (AvgIpc) is 3.06. The van der Waals surface area contributed by atoms with E-state index in [-0.39, 0.29) is 11.5 Å². The molecule has 4 rings (SSSR count). The Morgan fingerprint density at radius 3 is 2.37 bits per heavy atom. The number of carbonyl (C=O) groups is 1. The number of aromatic hydroxyl groups is 1. The predicted molar refractivity (Wildman–Crippen MR) is 122 cm³/mol. The van der Waals surface area contributed by atoms with Gasteiger partial charge in [-0.25, -0.2) is 0 Å². The van der Waals surface area contributed by atoms with E-state index < -0.39 is 0 Å². The minimum absolute atomic E-state index is 0.0127. The van der Waals surface area contributed by atoms with Crippen LogP contribution in [0.15, 0.2) is 71.6 Å². The summed E-state index contributed by atoms with van der Waals surface area (Å²) in [6.45, 7) is 3.53. The zero-order valence-corrected chi connectivity index (χ0v) is 18.0. The maximum absolute atomic E-state index is 12.6. The lowest BCUT2D eigenvalue weighted by atomic mass is 10.0. The Bertz CT molecular complexity index is 1210. The van der Waals surface area contributed by atoms with Crippen LogP contribution in [0.3, 0.4) is 0 Å². The molecule has 1 N–H and O–H groups in total. The molecule has 30 heavy (non-hydrogen) atoms. The van der Waals surface area contributed by atoms with Gasteiger partial charge >= 0.3 is 0 Å². The number of Topliss-reactive ketones (excluding diaryl/α,β-unsaturated/α-hetero) is 1. The van der Waals surface area contributed by atoms with Gasteiger partial charge in [-0.05, 0) is 62.4 Å². The second kappa shape index (κ2) is 8.28. The topological polar surface area (TPSA) is 51.5 Å². The highest BCUT2D eigenvalue weighted by Crippen LogP contribution is 2.39. The molecule has 4 aromatic rings. The van der Waals surface area contributed by atoms with Crippen molar-refractivity contribution >= 4 is 28.4 Å². The molecular formula is C25H23NO3S. The molecule has 0 aliphatic carbocycles. The number of ketones is 1. The Labute approximate surface area is 180 Å². The summed E-state index contributed by atoms with van der Waals surface area (Å²) in [5, 5.41) is 11.5. The summed E-state index contributed by atoms with van der Waals surface area (Å²) in [5.74, 6) is 1.54. The van der Waals surface area contributed by atoms with Gasteiger partial charge in [0.2, 0.25) is 0 Å². The van der Waals surface area contributed by atoms with Gasteiger partial charge in [-0.2, -0.15) is 0 Å². The van der Waals surface area contributed by atoms with E-state index in [0.29, 0.717) is 11.3 Å². The van der Waals surface area contributed by atoms with Crippen molar-refractivity contribution in [1.29, 1.82) is 0 Å². The number of aromatic nitrogens is 1. The summed E-state index contributed by atoms with van der Waals surface area (Å²) in [6.07, 6.45) is 0. The van der Waals surface area contributed by atoms with E-state index in [2.05, 4.69) is 4.57 Å². The predicted octanol–water partition coefficient (Wildman–Crippen LogP) is 6.15. The number of hydrogen-bond acceptors (Lipinski definition) is 4. The zero-order chi connectivity index (χ0) is 21.3. The molecule has 0 aliphatic heterocycles. The molecule has 0 saturated carbocycles. The van der Waals surface area contributed by atoms with Gasteiger partial charge in [0.1, 0.15) is 11.5 Å². The van der Waals surface area contributed by atoms with Gasteiger partial charge in [0.25, 0.3) is 0 Å². The number of fused-ring (bicyclic) bond motifs is 1. The number of benzene rings is 3. The third kappa shape index (κ3) is 3.57. The molecule has 0 fully saturated rings. The van der Waals surface area contributed by atoms with Crippen LogP contribution in [-0.2, 0) is 5.75 Å². The monoisotopic (exact) mass is 417 g/mol. The van der Waals surface area contributed by atoms with Crippen molar-refractivity contribution in [2.24, 2.45) is 0 Å². The Hall–Kier alpha value is -3.18. The van der Waals surface area contributed by atoms with Crippen LogP contribution in [0.25, 0.3) is 16.6 Å². The number of hydrogen-bond donors (Lipinski definition) is 1. The normalized spacial score (nSPS) is 11.0. The largest absolute Gasteiger partial charge is 0.508 e. The second-order valence-electron chi connectivity index (χ2n) is 7.11. The van der Waals surface area contributed by atoms with E-state index in [1.807, 2.05) is 67.6 Å². The van der Waals surface area contributed by atoms with Crippen LogP contribution in [0.5, 0.6) is 11.5 Å². The van der Waals surface area contributed by atoms with Gasteiger partial charge in [0.05, 0.1) is 12.6 Å². The summed E-state index contributed by atoms with van der Waals surface area (Å²) in [4.78, 5) is 13.8. The maximum Gasteiger partial charge on any atom is 0.162 e. The summed E-state index contributed by atoms with van der Waals surface area (Å²) in [6, 6.07) is 21.4. The molecule has 0 bridgehead atoms. The van der Waals surface area contributed by atoms with Gasteiger partial charge in [0.15, 0.2) is 5.78 Å². The number of rotatable bonds is 6. The summed E-state index contributed by atoms with van der Waals surface area (Å²) in [7, 11) is 1.64. The molecule has 5 heteroatoms. The van der Waals surface area contributed by atoms with Crippen molar-refractivity contribution < 1.29 is 14.6 Å². The van der Waals surface area contributed by atoms with Gasteiger partial charge in [-0.1, -0.05) is 18.2 Å². The summed E-state index contributed by atoms with van der Waals surface area (Å²) < 4.78 is 7.35. The van der Waals surface area contributed by atoms with E-state index in [1.54, 1.807) is 31.9 Å². The standard InChI is InChI=1S/C25H23NO3S/c1-16-24(17(2)27)25-21(15-30-20-7-5-4-6-8-20)23(28)14-13-22(25)26(16)18-9-11-19(29-3)12-10-18/h4-14,28H,15H2,1-3H3. The lowest BCUT2D eigenvalue weighted by molar-refractivity contribution is 0.101. The Morgan fingerprint density at radius 2 is 1.73 bits per heavy atom. The van der Waals surface area contributed by atoms with Crippen LogP contribution in [0.2, 0.25) is 0 Å². The smallest absolute Gasteiger partial charge is 0.162 e. The molecule has 3 aromatic carbocycles. The first-order valence-corrected chi connectivity index (χ1v) is 10.7. The maximum atomic E-state index is 12.6. The Kier molecular flexibility index (Phi) is 5.55. The van der Waals surface area contributed by atoms with Crippen molar-refractivity contribution in [2.75, 3.05) is 7.11 Å². The first kappa shape index (κ1) is 20.1. The molecule has 0 aliphatic rings. The van der Waals surface area contributed by atoms with Crippen molar-refractivity contribution in [3.63, 3.8) is 0 Å². The van der Waals surface area contributed by atoms with Gasteiger partial charge in [0, 0.05) is 38.5 Å². The third-order valence-electron chi connectivity index (χ3n) is 5.26. The fourth-order valence-corrected chi connectivity index (χ4v) is 4.83. The number of carbonyl (C=O) groups excluding carboxylic acids is 1. The van der Waals surface area contributed by atoms with Crippen molar-refractivity contribution in [1.82, 2.24) is 4.57 Å². The molecule has 0 saturated heterocycles. The number of phenols is 1. The van der Waals surface area contributed by atoms with Gasteiger partial charge in [-0.15, -0.1) is 11.8 Å². The number of thioether (sulfide) groups is 1. The lowest BCUT2D eigenvalue weighted by Crippen LogP contribution is -2.00. The molecule has 0 atom stereocenters. The van der Waals surface area contributed by atoms with Crippen molar-refractivity contribution in [3.8, 4) is 17.2 Å². The van der Waals surface area contributed by atoms with E-state index in [0.717, 1.165) is 38.5 Å².